The van der Waals surface area contributed by atoms with Gasteiger partial charge in [0.1, 0.15) is 0 Å². The molecule has 0 bridgehead atoms. The lowest BCUT2D eigenvalue weighted by Crippen LogP contribution is -2.28. The number of aryl methyl sites for hydroxylation is 1. The van der Waals surface area contributed by atoms with E-state index in [1.807, 2.05) is 54.1 Å². The second-order valence-electron chi connectivity index (χ2n) is 6.35. The van der Waals surface area contributed by atoms with Crippen LogP contribution in [0.5, 0.6) is 0 Å². The van der Waals surface area contributed by atoms with Gasteiger partial charge in [-0.2, -0.15) is 5.10 Å². The first-order valence-electron chi connectivity index (χ1n) is 8.32. The number of hydrogen-bond donors (Lipinski definition) is 2. The molecule has 122 valence electrons. The van der Waals surface area contributed by atoms with E-state index >= 15 is 0 Å². The van der Waals surface area contributed by atoms with Crippen molar-refractivity contribution in [2.24, 2.45) is 0 Å². The molecule has 0 spiro atoms. The summed E-state index contributed by atoms with van der Waals surface area (Å²) in [5, 5.41) is 18.5. The Morgan fingerprint density at radius 2 is 1.88 bits per heavy atom. The number of para-hydroxylation sites is 1. The number of benzene rings is 2. The maximum Gasteiger partial charge on any atom is 0.0775 e. The van der Waals surface area contributed by atoms with Crippen LogP contribution in [0.1, 0.15) is 28.4 Å². The Bertz CT molecular complexity index is 841. The summed E-state index contributed by atoms with van der Waals surface area (Å²) in [5.41, 5.74) is 5.65. The van der Waals surface area contributed by atoms with Crippen molar-refractivity contribution in [1.82, 2.24) is 15.1 Å². The average molecular weight is 319 g/mol. The van der Waals surface area contributed by atoms with E-state index in [-0.39, 0.29) is 12.1 Å². The first kappa shape index (κ1) is 15.1. The Labute approximate surface area is 141 Å². The zero-order valence-corrected chi connectivity index (χ0v) is 13.7. The molecule has 0 aliphatic heterocycles. The highest BCUT2D eigenvalue weighted by molar-refractivity contribution is 5.37. The number of fused-ring (bicyclic) bond motifs is 1. The Morgan fingerprint density at radius 1 is 1.12 bits per heavy atom. The van der Waals surface area contributed by atoms with Gasteiger partial charge in [0.25, 0.3) is 0 Å². The zero-order valence-electron chi connectivity index (χ0n) is 13.7. The van der Waals surface area contributed by atoms with Crippen LogP contribution in [0, 0.1) is 6.92 Å². The summed E-state index contributed by atoms with van der Waals surface area (Å²) in [6.07, 6.45) is 2.41. The van der Waals surface area contributed by atoms with Gasteiger partial charge in [0, 0.05) is 24.7 Å². The lowest BCUT2D eigenvalue weighted by Gasteiger charge is -2.17. The van der Waals surface area contributed by atoms with E-state index < -0.39 is 0 Å². The molecule has 4 heteroatoms. The number of rotatable bonds is 4. The van der Waals surface area contributed by atoms with Crippen molar-refractivity contribution in [3.63, 3.8) is 0 Å². The van der Waals surface area contributed by atoms with Gasteiger partial charge >= 0.3 is 0 Å². The maximum absolute atomic E-state index is 10.4. The van der Waals surface area contributed by atoms with Gasteiger partial charge in [-0.15, -0.1) is 0 Å². The van der Waals surface area contributed by atoms with Crippen molar-refractivity contribution in [1.29, 1.82) is 0 Å². The van der Waals surface area contributed by atoms with Gasteiger partial charge in [-0.3, -0.25) is 0 Å². The first-order chi connectivity index (χ1) is 11.7. The minimum Gasteiger partial charge on any atom is -0.391 e. The summed E-state index contributed by atoms with van der Waals surface area (Å²) < 4.78 is 1.91. The van der Waals surface area contributed by atoms with Crippen LogP contribution in [0.15, 0.2) is 60.8 Å². The zero-order chi connectivity index (χ0) is 16.5. The molecule has 1 aromatic heterocycles. The second-order valence-corrected chi connectivity index (χ2v) is 6.35. The number of hydrogen-bond acceptors (Lipinski definition) is 3. The molecule has 0 saturated heterocycles. The Kier molecular flexibility index (Phi) is 3.92. The molecule has 0 radical (unpaired) electrons. The number of aliphatic hydroxyl groups is 1. The third-order valence-corrected chi connectivity index (χ3v) is 4.74. The Morgan fingerprint density at radius 3 is 2.71 bits per heavy atom. The predicted molar refractivity (Wildman–Crippen MR) is 94.0 cm³/mol. The largest absolute Gasteiger partial charge is 0.391 e. The summed E-state index contributed by atoms with van der Waals surface area (Å²) >= 11 is 0. The highest BCUT2D eigenvalue weighted by Gasteiger charge is 2.30. The van der Waals surface area contributed by atoms with E-state index in [1.54, 1.807) is 0 Å². The van der Waals surface area contributed by atoms with E-state index in [1.165, 1.54) is 11.1 Å². The molecular weight excluding hydrogens is 298 g/mol. The molecule has 2 atom stereocenters. The van der Waals surface area contributed by atoms with Crippen LogP contribution in [0.2, 0.25) is 0 Å². The standard InChI is InChI=1S/C20H21N3O/c1-14-16(13-23(22-14)17-8-3-2-4-9-17)12-21-20-18-10-6-5-7-15(18)11-19(20)24/h2-10,13,19-21,24H,11-12H2,1H3/t19-,20+/m0/s1. The predicted octanol–water partition coefficient (Wildman–Crippen LogP) is 2.93. The fraction of sp³-hybridized carbons (Fsp3) is 0.250. The number of nitrogens with one attached hydrogen (secondary N) is 1. The summed E-state index contributed by atoms with van der Waals surface area (Å²) in [4.78, 5) is 0. The third-order valence-electron chi connectivity index (χ3n) is 4.74. The number of nitrogens with zero attached hydrogens (tertiary/aromatic N) is 2. The molecule has 2 aromatic carbocycles. The van der Waals surface area contributed by atoms with Crippen LogP contribution in [-0.4, -0.2) is 21.0 Å². The van der Waals surface area contributed by atoms with Gasteiger partial charge in [0.2, 0.25) is 0 Å². The average Bonchev–Trinajstić information content (AvgIpc) is 3.13. The fourth-order valence-corrected chi connectivity index (χ4v) is 3.42. The normalized spacial score (nSPS) is 19.4. The molecule has 1 aliphatic rings. The second kappa shape index (κ2) is 6.23. The van der Waals surface area contributed by atoms with Crippen molar-refractivity contribution in [2.75, 3.05) is 0 Å². The van der Waals surface area contributed by atoms with E-state index in [0.29, 0.717) is 6.54 Å². The lowest BCUT2D eigenvalue weighted by atomic mass is 10.1. The third kappa shape index (κ3) is 2.75. The number of aliphatic hydroxyl groups excluding tert-OH is 1. The molecule has 0 fully saturated rings. The van der Waals surface area contributed by atoms with Crippen molar-refractivity contribution in [3.05, 3.63) is 83.2 Å². The smallest absolute Gasteiger partial charge is 0.0775 e. The van der Waals surface area contributed by atoms with Crippen LogP contribution in [0.25, 0.3) is 5.69 Å². The monoisotopic (exact) mass is 319 g/mol. The van der Waals surface area contributed by atoms with Crippen molar-refractivity contribution in [2.45, 2.75) is 32.0 Å². The highest BCUT2D eigenvalue weighted by atomic mass is 16.3. The van der Waals surface area contributed by atoms with Crippen LogP contribution in [-0.2, 0) is 13.0 Å². The summed E-state index contributed by atoms with van der Waals surface area (Å²) in [5.74, 6) is 0. The summed E-state index contributed by atoms with van der Waals surface area (Å²) in [6, 6.07) is 18.4. The van der Waals surface area contributed by atoms with Gasteiger partial charge in [0.15, 0.2) is 0 Å². The molecule has 3 aromatic rings. The quantitative estimate of drug-likeness (QED) is 0.777. The van der Waals surface area contributed by atoms with Crippen molar-refractivity contribution >= 4 is 0 Å². The Balaban J connectivity index is 1.52. The molecule has 0 saturated carbocycles. The van der Waals surface area contributed by atoms with Crippen LogP contribution in [0.4, 0.5) is 0 Å². The molecule has 4 rings (SSSR count). The molecule has 4 nitrogen and oxygen atoms in total. The summed E-state index contributed by atoms with van der Waals surface area (Å²) in [6.45, 7) is 2.71. The topological polar surface area (TPSA) is 50.1 Å². The van der Waals surface area contributed by atoms with Gasteiger partial charge in [-0.05, 0) is 30.2 Å². The summed E-state index contributed by atoms with van der Waals surface area (Å²) in [7, 11) is 0. The molecule has 24 heavy (non-hydrogen) atoms. The molecule has 0 amide bonds. The van der Waals surface area contributed by atoms with E-state index in [4.69, 9.17) is 0 Å². The molecular formula is C20H21N3O. The minimum atomic E-state index is -0.369. The van der Waals surface area contributed by atoms with Gasteiger partial charge in [-0.25, -0.2) is 4.68 Å². The van der Waals surface area contributed by atoms with Crippen molar-refractivity contribution in [3.8, 4) is 5.69 Å². The van der Waals surface area contributed by atoms with Crippen molar-refractivity contribution < 1.29 is 5.11 Å². The Hall–Kier alpha value is -2.43. The first-order valence-corrected chi connectivity index (χ1v) is 8.32. The van der Waals surface area contributed by atoms with E-state index in [0.717, 1.165) is 23.4 Å². The molecule has 1 aliphatic carbocycles. The van der Waals surface area contributed by atoms with Crippen LogP contribution < -0.4 is 5.32 Å². The molecule has 0 unspecified atom stereocenters. The minimum absolute atomic E-state index is 0.0133. The fourth-order valence-electron chi connectivity index (χ4n) is 3.42. The number of aromatic nitrogens is 2. The van der Waals surface area contributed by atoms with Gasteiger partial charge in [-0.1, -0.05) is 42.5 Å². The maximum atomic E-state index is 10.4. The van der Waals surface area contributed by atoms with Crippen LogP contribution in [0.3, 0.4) is 0 Å². The van der Waals surface area contributed by atoms with Gasteiger partial charge < -0.3 is 10.4 Å². The lowest BCUT2D eigenvalue weighted by molar-refractivity contribution is 0.140. The van der Waals surface area contributed by atoms with Gasteiger partial charge in [0.05, 0.1) is 23.5 Å². The SMILES string of the molecule is Cc1nn(-c2ccccc2)cc1CN[C@@H]1c2ccccc2C[C@@H]1O. The highest BCUT2D eigenvalue weighted by Crippen LogP contribution is 2.31. The van der Waals surface area contributed by atoms with E-state index in [2.05, 4.69) is 28.7 Å². The molecule has 1 heterocycles. The van der Waals surface area contributed by atoms with Crippen LogP contribution >= 0.6 is 0 Å². The van der Waals surface area contributed by atoms with E-state index in [9.17, 15) is 5.11 Å². The molecule has 2 N–H and O–H groups in total.